The predicted molar refractivity (Wildman–Crippen MR) is 103 cm³/mol. The molecule has 5 nitrogen and oxygen atoms in total. The van der Waals surface area contributed by atoms with Gasteiger partial charge < -0.3 is 19.3 Å². The quantitative estimate of drug-likeness (QED) is 0.804. The summed E-state index contributed by atoms with van der Waals surface area (Å²) in [5, 5.41) is 0.518. The van der Waals surface area contributed by atoms with E-state index in [0.717, 1.165) is 30.1 Å². The molecule has 1 heterocycles. The molecular formula is C20H23ClN2O3. The van der Waals surface area contributed by atoms with Crippen LogP contribution in [0.1, 0.15) is 5.56 Å². The van der Waals surface area contributed by atoms with Gasteiger partial charge in [-0.25, -0.2) is 0 Å². The number of carbonyl (C=O) groups is 1. The van der Waals surface area contributed by atoms with Crippen molar-refractivity contribution in [3.63, 3.8) is 0 Å². The minimum absolute atomic E-state index is 0.00215. The zero-order chi connectivity index (χ0) is 18.5. The number of hydrogen-bond donors (Lipinski definition) is 0. The fraction of sp³-hybridized carbons (Fsp3) is 0.350. The Morgan fingerprint density at radius 3 is 2.54 bits per heavy atom. The Hall–Kier alpha value is -2.40. The number of halogens is 1. The van der Waals surface area contributed by atoms with Gasteiger partial charge in [-0.1, -0.05) is 29.8 Å². The van der Waals surface area contributed by atoms with Crippen LogP contribution in [0, 0.1) is 6.92 Å². The van der Waals surface area contributed by atoms with Crippen molar-refractivity contribution in [2.75, 3.05) is 44.8 Å². The maximum Gasteiger partial charge on any atom is 0.260 e. The second-order valence-corrected chi connectivity index (χ2v) is 6.67. The first kappa shape index (κ1) is 18.4. The molecule has 0 N–H and O–H groups in total. The van der Waals surface area contributed by atoms with Crippen molar-refractivity contribution >= 4 is 23.2 Å². The van der Waals surface area contributed by atoms with E-state index >= 15 is 0 Å². The second kappa shape index (κ2) is 8.32. The summed E-state index contributed by atoms with van der Waals surface area (Å²) in [7, 11) is 1.67. The van der Waals surface area contributed by atoms with Gasteiger partial charge >= 0.3 is 0 Å². The molecule has 0 aromatic heterocycles. The van der Waals surface area contributed by atoms with Gasteiger partial charge in [-0.05, 0) is 36.8 Å². The molecule has 1 amide bonds. The minimum atomic E-state index is -0.0257. The van der Waals surface area contributed by atoms with Gasteiger partial charge in [0.1, 0.15) is 11.5 Å². The number of nitrogens with zero attached hydrogens (tertiary/aromatic N) is 2. The van der Waals surface area contributed by atoms with Crippen molar-refractivity contribution in [3.05, 3.63) is 53.1 Å². The van der Waals surface area contributed by atoms with Crippen molar-refractivity contribution in [3.8, 4) is 11.5 Å². The summed E-state index contributed by atoms with van der Waals surface area (Å²) in [5.41, 5.74) is 2.10. The van der Waals surface area contributed by atoms with Crippen LogP contribution in [0.4, 0.5) is 5.69 Å². The Bertz CT molecular complexity index is 773. The number of piperazine rings is 1. The highest BCUT2D eigenvalue weighted by atomic mass is 35.5. The second-order valence-electron chi connectivity index (χ2n) is 6.26. The number of rotatable bonds is 5. The fourth-order valence-electron chi connectivity index (χ4n) is 3.04. The lowest BCUT2D eigenvalue weighted by atomic mass is 10.2. The smallest absolute Gasteiger partial charge is 0.260 e. The van der Waals surface area contributed by atoms with E-state index in [1.165, 1.54) is 0 Å². The molecule has 26 heavy (non-hydrogen) atoms. The summed E-state index contributed by atoms with van der Waals surface area (Å²) in [6, 6.07) is 13.5. The number of benzene rings is 2. The molecule has 0 aliphatic carbocycles. The molecule has 0 bridgehead atoms. The van der Waals surface area contributed by atoms with Crippen LogP contribution in [0.15, 0.2) is 42.5 Å². The number of anilines is 1. The van der Waals surface area contributed by atoms with Crippen molar-refractivity contribution in [1.29, 1.82) is 0 Å². The van der Waals surface area contributed by atoms with Gasteiger partial charge in [0.2, 0.25) is 0 Å². The summed E-state index contributed by atoms with van der Waals surface area (Å²) in [6.07, 6.45) is 0. The maximum atomic E-state index is 12.4. The molecule has 3 rings (SSSR count). The molecule has 138 valence electrons. The molecule has 6 heteroatoms. The Labute approximate surface area is 159 Å². The van der Waals surface area contributed by atoms with E-state index in [1.807, 2.05) is 48.2 Å². The first-order valence-corrected chi connectivity index (χ1v) is 9.01. The van der Waals surface area contributed by atoms with Gasteiger partial charge in [0, 0.05) is 26.2 Å². The van der Waals surface area contributed by atoms with Crippen LogP contribution in [-0.2, 0) is 4.79 Å². The fourth-order valence-corrected chi connectivity index (χ4v) is 3.21. The highest BCUT2D eigenvalue weighted by molar-refractivity contribution is 6.32. The molecule has 1 fully saturated rings. The van der Waals surface area contributed by atoms with Gasteiger partial charge in [-0.3, -0.25) is 4.79 Å². The lowest BCUT2D eigenvalue weighted by Gasteiger charge is -2.36. The summed E-state index contributed by atoms with van der Waals surface area (Å²) in [4.78, 5) is 16.5. The topological polar surface area (TPSA) is 42.0 Å². The lowest BCUT2D eigenvalue weighted by molar-refractivity contribution is -0.133. The molecule has 0 radical (unpaired) electrons. The van der Waals surface area contributed by atoms with Crippen molar-refractivity contribution in [1.82, 2.24) is 4.90 Å². The average molecular weight is 375 g/mol. The maximum absolute atomic E-state index is 12.4. The summed E-state index contributed by atoms with van der Waals surface area (Å²) >= 11 is 6.11. The van der Waals surface area contributed by atoms with Crippen LogP contribution in [0.2, 0.25) is 5.02 Å². The normalized spacial score (nSPS) is 14.3. The van der Waals surface area contributed by atoms with Gasteiger partial charge in [-0.15, -0.1) is 0 Å². The van der Waals surface area contributed by atoms with E-state index in [0.29, 0.717) is 23.9 Å². The van der Waals surface area contributed by atoms with E-state index < -0.39 is 0 Å². The van der Waals surface area contributed by atoms with Crippen LogP contribution >= 0.6 is 11.6 Å². The van der Waals surface area contributed by atoms with Crippen molar-refractivity contribution in [2.24, 2.45) is 0 Å². The van der Waals surface area contributed by atoms with E-state index in [4.69, 9.17) is 21.1 Å². The summed E-state index contributed by atoms with van der Waals surface area (Å²) in [5.74, 6) is 1.37. The Balaban J connectivity index is 1.54. The van der Waals surface area contributed by atoms with Gasteiger partial charge in [-0.2, -0.15) is 0 Å². The molecule has 0 unspecified atom stereocenters. The highest BCUT2D eigenvalue weighted by Gasteiger charge is 2.23. The standard InChI is InChI=1S/C20H23ClN2O3/c1-15-7-8-16(21)19(13-15)26-14-20(24)23-11-9-22(10-12-23)17-5-3-4-6-18(17)25-2/h3-8,13H,9-12,14H2,1-2H3. The van der Waals surface area contributed by atoms with Crippen molar-refractivity contribution < 1.29 is 14.3 Å². The number of amides is 1. The predicted octanol–water partition coefficient (Wildman–Crippen LogP) is 3.38. The number of hydrogen-bond acceptors (Lipinski definition) is 4. The van der Waals surface area contributed by atoms with Crippen LogP contribution in [0.5, 0.6) is 11.5 Å². The number of aryl methyl sites for hydroxylation is 1. The SMILES string of the molecule is COc1ccccc1N1CCN(C(=O)COc2cc(C)ccc2Cl)CC1. The molecule has 0 spiro atoms. The van der Waals surface area contributed by atoms with Gasteiger partial charge in [0.05, 0.1) is 17.8 Å². The highest BCUT2D eigenvalue weighted by Crippen LogP contribution is 2.28. The molecule has 0 atom stereocenters. The molecule has 1 saturated heterocycles. The first-order chi connectivity index (χ1) is 12.6. The van der Waals surface area contributed by atoms with E-state index in [1.54, 1.807) is 13.2 Å². The van der Waals surface area contributed by atoms with Crippen LogP contribution in [-0.4, -0.2) is 50.7 Å². The van der Waals surface area contributed by atoms with Crippen LogP contribution in [0.25, 0.3) is 0 Å². The average Bonchev–Trinajstić information content (AvgIpc) is 2.68. The lowest BCUT2D eigenvalue weighted by Crippen LogP contribution is -2.50. The Kier molecular flexibility index (Phi) is 5.89. The van der Waals surface area contributed by atoms with Gasteiger partial charge in [0.15, 0.2) is 6.61 Å². The Morgan fingerprint density at radius 1 is 1.08 bits per heavy atom. The molecular weight excluding hydrogens is 352 g/mol. The summed E-state index contributed by atoms with van der Waals surface area (Å²) in [6.45, 7) is 4.79. The molecule has 2 aromatic rings. The van der Waals surface area contributed by atoms with E-state index in [9.17, 15) is 4.79 Å². The third-order valence-corrected chi connectivity index (χ3v) is 4.81. The first-order valence-electron chi connectivity index (χ1n) is 8.63. The molecule has 0 saturated carbocycles. The number of carbonyl (C=O) groups excluding carboxylic acids is 1. The number of methoxy groups -OCH3 is 1. The number of para-hydroxylation sites is 2. The third-order valence-electron chi connectivity index (χ3n) is 4.50. The zero-order valence-electron chi connectivity index (χ0n) is 15.1. The van der Waals surface area contributed by atoms with Crippen LogP contribution in [0.3, 0.4) is 0 Å². The minimum Gasteiger partial charge on any atom is -0.495 e. The van der Waals surface area contributed by atoms with Crippen LogP contribution < -0.4 is 14.4 Å². The summed E-state index contributed by atoms with van der Waals surface area (Å²) < 4.78 is 11.1. The number of ether oxygens (including phenoxy) is 2. The third kappa shape index (κ3) is 4.22. The van der Waals surface area contributed by atoms with Crippen molar-refractivity contribution in [2.45, 2.75) is 6.92 Å². The van der Waals surface area contributed by atoms with E-state index in [-0.39, 0.29) is 12.5 Å². The molecule has 1 aliphatic rings. The van der Waals surface area contributed by atoms with Gasteiger partial charge in [0.25, 0.3) is 5.91 Å². The molecule has 2 aromatic carbocycles. The zero-order valence-corrected chi connectivity index (χ0v) is 15.8. The molecule has 1 aliphatic heterocycles. The monoisotopic (exact) mass is 374 g/mol. The Morgan fingerprint density at radius 2 is 1.81 bits per heavy atom. The van der Waals surface area contributed by atoms with E-state index in [2.05, 4.69) is 4.90 Å². The largest absolute Gasteiger partial charge is 0.495 e.